The smallest absolute Gasteiger partial charge is 0.509 e. The maximum atomic E-state index is 6.80. The molecule has 0 aliphatic heterocycles. The quantitative estimate of drug-likeness (QED) is 0.0906. The molecule has 6 heteroatoms. The summed E-state index contributed by atoms with van der Waals surface area (Å²) in [5.41, 5.74) is 11.2. The number of rotatable bonds is 12. The molecule has 0 saturated carbocycles. The second-order valence-electron chi connectivity index (χ2n) is 17.5. The summed E-state index contributed by atoms with van der Waals surface area (Å²) in [4.78, 5) is 4.94. The molecule has 0 radical (unpaired) electrons. The minimum Gasteiger partial charge on any atom is -0.509 e. The minimum absolute atomic E-state index is 0. The van der Waals surface area contributed by atoms with Gasteiger partial charge in [0.2, 0.25) is 0 Å². The van der Waals surface area contributed by atoms with Crippen LogP contribution in [0.4, 0.5) is 0 Å². The van der Waals surface area contributed by atoms with Crippen molar-refractivity contribution in [3.05, 3.63) is 131 Å². The molecule has 0 aliphatic rings. The summed E-state index contributed by atoms with van der Waals surface area (Å²) < 4.78 is 11.1. The molecule has 0 N–H and O–H groups in total. The van der Waals surface area contributed by atoms with Crippen LogP contribution in [0.15, 0.2) is 91.1 Å². The molecular formula is C51H58N4OPt. The second kappa shape index (κ2) is 17.2. The predicted octanol–water partition coefficient (Wildman–Crippen LogP) is 13.8. The third-order valence-corrected chi connectivity index (χ3v) is 11.3. The van der Waals surface area contributed by atoms with Gasteiger partial charge in [0.1, 0.15) is 5.82 Å². The van der Waals surface area contributed by atoms with Crippen LogP contribution in [0.25, 0.3) is 44.4 Å². The van der Waals surface area contributed by atoms with Gasteiger partial charge in [-0.25, -0.2) is 4.98 Å². The van der Waals surface area contributed by atoms with Crippen molar-refractivity contribution < 1.29 is 25.8 Å². The molecule has 4 aromatic carbocycles. The minimum atomic E-state index is -0.132. The molecular weight excluding hydrogens is 880 g/mol. The molecule has 57 heavy (non-hydrogen) atoms. The van der Waals surface area contributed by atoms with Crippen molar-refractivity contribution in [2.75, 3.05) is 0 Å². The van der Waals surface area contributed by atoms with Crippen LogP contribution in [0.5, 0.6) is 11.5 Å². The van der Waals surface area contributed by atoms with Gasteiger partial charge in [-0.15, -0.1) is 41.3 Å². The summed E-state index contributed by atoms with van der Waals surface area (Å²) in [5.74, 6) is 2.63. The van der Waals surface area contributed by atoms with Gasteiger partial charge in [0, 0.05) is 34.5 Å². The Bertz CT molecular complexity index is 2480. The van der Waals surface area contributed by atoms with Gasteiger partial charge in [-0.05, 0) is 82.0 Å². The van der Waals surface area contributed by atoms with Gasteiger partial charge in [-0.2, -0.15) is 11.2 Å². The number of aryl methyl sites for hydroxylation is 1. The van der Waals surface area contributed by atoms with Gasteiger partial charge in [-0.3, -0.25) is 4.68 Å². The van der Waals surface area contributed by atoms with Gasteiger partial charge in [0.25, 0.3) is 0 Å². The summed E-state index contributed by atoms with van der Waals surface area (Å²) in [6.07, 6.45) is 8.54. The summed E-state index contributed by atoms with van der Waals surface area (Å²) >= 11 is 0. The van der Waals surface area contributed by atoms with E-state index in [9.17, 15) is 0 Å². The zero-order valence-electron chi connectivity index (χ0n) is 35.5. The number of hydrogen-bond acceptors (Lipinski definition) is 3. The van der Waals surface area contributed by atoms with E-state index in [1.165, 1.54) is 59.0 Å². The molecule has 0 fully saturated rings. The molecule has 7 rings (SSSR count). The monoisotopic (exact) mass is 937 g/mol. The van der Waals surface area contributed by atoms with Crippen LogP contribution < -0.4 is 4.74 Å². The molecule has 0 amide bonds. The summed E-state index contributed by atoms with van der Waals surface area (Å²) in [5, 5.41) is 7.55. The molecule has 298 valence electrons. The van der Waals surface area contributed by atoms with E-state index in [0.717, 1.165) is 52.0 Å². The first-order chi connectivity index (χ1) is 26.8. The third-order valence-electron chi connectivity index (χ3n) is 11.3. The first kappa shape index (κ1) is 42.1. The van der Waals surface area contributed by atoms with Crippen molar-refractivity contribution >= 4 is 21.8 Å². The number of unbranched alkanes of at least 4 members (excludes halogenated alkanes) is 2. The van der Waals surface area contributed by atoms with E-state index in [4.69, 9.17) is 14.8 Å². The predicted molar refractivity (Wildman–Crippen MR) is 234 cm³/mol. The van der Waals surface area contributed by atoms with Crippen LogP contribution in [-0.2, 0) is 44.7 Å². The Balaban J connectivity index is 0.00000549. The van der Waals surface area contributed by atoms with Gasteiger partial charge >= 0.3 is 21.1 Å². The molecule has 3 heterocycles. The number of hydrogen-bond donors (Lipinski definition) is 0. The maximum Gasteiger partial charge on any atom is 2.00 e. The van der Waals surface area contributed by atoms with Crippen molar-refractivity contribution in [3.63, 3.8) is 0 Å². The average Bonchev–Trinajstić information content (AvgIpc) is 3.72. The maximum absolute atomic E-state index is 6.80. The number of fused-ring (bicyclic) bond motifs is 3. The Hall–Kier alpha value is -4.47. The largest absolute Gasteiger partial charge is 2.00 e. The second-order valence-corrected chi connectivity index (χ2v) is 17.5. The van der Waals surface area contributed by atoms with Crippen molar-refractivity contribution in [3.8, 4) is 34.1 Å². The molecule has 0 spiro atoms. The van der Waals surface area contributed by atoms with Crippen LogP contribution >= 0.6 is 0 Å². The summed E-state index contributed by atoms with van der Waals surface area (Å²) in [7, 11) is 0. The fraction of sp³-hybridized carbons (Fsp3) is 0.373. The molecule has 0 saturated heterocycles. The molecule has 1 atom stereocenters. The van der Waals surface area contributed by atoms with Crippen LogP contribution in [0.3, 0.4) is 0 Å². The van der Waals surface area contributed by atoms with Gasteiger partial charge in [0.05, 0.1) is 5.69 Å². The van der Waals surface area contributed by atoms with Crippen LogP contribution in [0.2, 0.25) is 0 Å². The number of nitrogens with zero attached hydrogens (tertiary/aromatic N) is 4. The summed E-state index contributed by atoms with van der Waals surface area (Å²) in [6.45, 7) is 22.5. The van der Waals surface area contributed by atoms with E-state index in [0.29, 0.717) is 17.4 Å². The van der Waals surface area contributed by atoms with Gasteiger partial charge in [0.15, 0.2) is 0 Å². The molecule has 3 aromatic heterocycles. The number of benzene rings is 4. The van der Waals surface area contributed by atoms with E-state index in [2.05, 4.69) is 169 Å². The van der Waals surface area contributed by atoms with Gasteiger partial charge in [-0.1, -0.05) is 136 Å². The molecule has 7 aromatic rings. The standard InChI is InChI=1S/C51H58N4O.Pt/c1-11-14-16-19-34(4)36-22-25-46-43(28-36)42-24-23-40(33-47(42)54(46)48-31-37(26-27-52-48)50(5,6)7)56-41-30-38(51(8,9)10)29-39(32-41)55-45(13-3)49(44(12-2)53-55)35-20-17-15-18-21-35;/h15,17-18,20-31,34H,11-14,16,19H2,1-10H3;/q-2;+2. The van der Waals surface area contributed by atoms with E-state index >= 15 is 0 Å². The Kier molecular flexibility index (Phi) is 12.7. The van der Waals surface area contributed by atoms with Gasteiger partial charge < -0.3 is 9.30 Å². The van der Waals surface area contributed by atoms with Crippen molar-refractivity contribution in [1.29, 1.82) is 0 Å². The fourth-order valence-corrected chi connectivity index (χ4v) is 7.88. The van der Waals surface area contributed by atoms with Crippen LogP contribution in [-0.4, -0.2) is 19.3 Å². The van der Waals surface area contributed by atoms with Crippen molar-refractivity contribution in [1.82, 2.24) is 19.3 Å². The number of ether oxygens (including phenoxy) is 1. The first-order valence-electron chi connectivity index (χ1n) is 20.7. The van der Waals surface area contributed by atoms with E-state index in [-0.39, 0.29) is 31.9 Å². The van der Waals surface area contributed by atoms with Crippen molar-refractivity contribution in [2.45, 2.75) is 125 Å². The Labute approximate surface area is 355 Å². The normalized spacial score (nSPS) is 12.6. The fourth-order valence-electron chi connectivity index (χ4n) is 7.88. The Morgan fingerprint density at radius 1 is 0.737 bits per heavy atom. The summed E-state index contributed by atoms with van der Waals surface area (Å²) in [6, 6.07) is 37.9. The molecule has 0 bridgehead atoms. The first-order valence-corrected chi connectivity index (χ1v) is 20.7. The van der Waals surface area contributed by atoms with E-state index in [1.54, 1.807) is 0 Å². The van der Waals surface area contributed by atoms with E-state index in [1.807, 2.05) is 12.3 Å². The number of pyridine rings is 1. The Morgan fingerprint density at radius 3 is 2.18 bits per heavy atom. The Morgan fingerprint density at radius 2 is 1.49 bits per heavy atom. The van der Waals surface area contributed by atoms with Crippen LogP contribution in [0, 0.1) is 12.1 Å². The molecule has 0 aliphatic carbocycles. The molecule has 1 unspecified atom stereocenters. The SMILES string of the molecule is CCCCCC(C)c1ccc2c(c1)c1ccc(Oc3[c-]c(-n4nc(CC)c(-c5ccccc5)c4CC)cc(C(C)(C)C)c3)[c-]c1n2-c1cc(C(C)(C)C)ccn1.[Pt+2]. The van der Waals surface area contributed by atoms with Crippen LogP contribution in [0.1, 0.15) is 129 Å². The topological polar surface area (TPSA) is 44.9 Å². The van der Waals surface area contributed by atoms with E-state index < -0.39 is 0 Å². The third kappa shape index (κ3) is 8.70. The van der Waals surface area contributed by atoms with Crippen molar-refractivity contribution in [2.24, 2.45) is 0 Å². The zero-order valence-corrected chi connectivity index (χ0v) is 37.8. The zero-order chi connectivity index (χ0) is 39.8. The number of aromatic nitrogens is 4. The average molecular weight is 938 g/mol. The molecule has 5 nitrogen and oxygen atoms in total.